The molecule has 0 unspecified atom stereocenters. The summed E-state index contributed by atoms with van der Waals surface area (Å²) in [5, 5.41) is 2.74. The van der Waals surface area contributed by atoms with Crippen molar-refractivity contribution < 1.29 is 19.1 Å². The van der Waals surface area contributed by atoms with Crippen molar-refractivity contribution >= 4 is 17.7 Å². The van der Waals surface area contributed by atoms with Gasteiger partial charge in [0.1, 0.15) is 0 Å². The Balaban J connectivity index is 1.81. The number of ketones is 1. The summed E-state index contributed by atoms with van der Waals surface area (Å²) in [6, 6.07) is 7.12. The average Bonchev–Trinajstić information content (AvgIpc) is 2.64. The summed E-state index contributed by atoms with van der Waals surface area (Å²) < 4.78 is 4.99. The third-order valence-electron chi connectivity index (χ3n) is 3.62. The molecule has 0 bridgehead atoms. The van der Waals surface area contributed by atoms with Crippen molar-refractivity contribution in [3.8, 4) is 0 Å². The molecular formula is C19H21N3O4. The second-order valence-electron chi connectivity index (χ2n) is 5.83. The molecule has 26 heavy (non-hydrogen) atoms. The molecule has 0 fully saturated rings. The topological polar surface area (TPSA) is 98.2 Å². The van der Waals surface area contributed by atoms with E-state index >= 15 is 0 Å². The number of ether oxygens (including phenoxy) is 1. The van der Waals surface area contributed by atoms with Gasteiger partial charge < -0.3 is 10.1 Å². The van der Waals surface area contributed by atoms with E-state index in [1.165, 1.54) is 19.3 Å². The zero-order valence-electron chi connectivity index (χ0n) is 14.8. The van der Waals surface area contributed by atoms with Crippen LogP contribution in [0.1, 0.15) is 45.4 Å². The van der Waals surface area contributed by atoms with Crippen molar-refractivity contribution in [1.29, 1.82) is 0 Å². The minimum absolute atomic E-state index is 0.0443. The van der Waals surface area contributed by atoms with Crippen molar-refractivity contribution in [3.05, 3.63) is 59.2 Å². The number of esters is 1. The first-order valence-corrected chi connectivity index (χ1v) is 8.28. The molecule has 1 amide bonds. The lowest BCUT2D eigenvalue weighted by molar-refractivity contribution is -0.118. The fourth-order valence-corrected chi connectivity index (χ4v) is 2.20. The highest BCUT2D eigenvalue weighted by atomic mass is 16.5. The highest BCUT2D eigenvalue weighted by Gasteiger charge is 2.13. The first-order chi connectivity index (χ1) is 12.5. The maximum absolute atomic E-state index is 12.1. The molecule has 1 aromatic heterocycles. The largest absolute Gasteiger partial charge is 0.453 e. The Morgan fingerprint density at radius 3 is 2.42 bits per heavy atom. The number of hydrogen-bond donors (Lipinski definition) is 1. The van der Waals surface area contributed by atoms with E-state index in [0.717, 1.165) is 18.4 Å². The van der Waals surface area contributed by atoms with Crippen LogP contribution in [-0.4, -0.2) is 40.8 Å². The van der Waals surface area contributed by atoms with Crippen LogP contribution >= 0.6 is 0 Å². The first-order valence-electron chi connectivity index (χ1n) is 8.28. The monoisotopic (exact) mass is 355 g/mol. The van der Waals surface area contributed by atoms with Crippen molar-refractivity contribution in [2.75, 3.05) is 13.2 Å². The van der Waals surface area contributed by atoms with Crippen LogP contribution < -0.4 is 5.32 Å². The van der Waals surface area contributed by atoms with E-state index in [9.17, 15) is 14.4 Å². The van der Waals surface area contributed by atoms with Gasteiger partial charge in [-0.2, -0.15) is 0 Å². The van der Waals surface area contributed by atoms with E-state index in [1.54, 1.807) is 19.1 Å². The number of aryl methyl sites for hydroxylation is 2. The molecule has 7 heteroatoms. The molecule has 0 saturated carbocycles. The number of benzene rings is 1. The summed E-state index contributed by atoms with van der Waals surface area (Å²) in [7, 11) is 0. The highest BCUT2D eigenvalue weighted by molar-refractivity contribution is 5.99. The number of nitrogens with one attached hydrogen (secondary N) is 1. The van der Waals surface area contributed by atoms with Crippen LogP contribution in [0.5, 0.6) is 0 Å². The van der Waals surface area contributed by atoms with Gasteiger partial charge in [0, 0.05) is 25.2 Å². The van der Waals surface area contributed by atoms with Crippen molar-refractivity contribution in [2.24, 2.45) is 0 Å². The van der Waals surface area contributed by atoms with Crippen LogP contribution in [0.2, 0.25) is 0 Å². The Morgan fingerprint density at radius 1 is 1.08 bits per heavy atom. The zero-order valence-corrected chi connectivity index (χ0v) is 14.8. The van der Waals surface area contributed by atoms with E-state index in [1.807, 2.05) is 12.1 Å². The molecule has 7 nitrogen and oxygen atoms in total. The van der Waals surface area contributed by atoms with Gasteiger partial charge in [-0.1, -0.05) is 24.3 Å². The van der Waals surface area contributed by atoms with Crippen LogP contribution in [0.25, 0.3) is 0 Å². The Labute approximate surface area is 151 Å². The number of nitrogens with zero attached hydrogens (tertiary/aromatic N) is 2. The Hall–Kier alpha value is -3.09. The van der Waals surface area contributed by atoms with E-state index in [-0.39, 0.29) is 24.0 Å². The maximum atomic E-state index is 12.1. The van der Waals surface area contributed by atoms with Gasteiger partial charge in [0.15, 0.2) is 18.1 Å². The number of carbonyl (C=O) groups excluding carboxylic acids is 3. The predicted molar refractivity (Wildman–Crippen MR) is 94.8 cm³/mol. The van der Waals surface area contributed by atoms with Gasteiger partial charge >= 0.3 is 5.97 Å². The van der Waals surface area contributed by atoms with Crippen LogP contribution in [0.3, 0.4) is 0 Å². The lowest BCUT2D eigenvalue weighted by Gasteiger charge is -2.06. The molecule has 2 aromatic rings. The number of rotatable bonds is 8. The van der Waals surface area contributed by atoms with Gasteiger partial charge in [0.05, 0.1) is 11.9 Å². The number of aromatic nitrogens is 2. The smallest absolute Gasteiger partial charge is 0.358 e. The summed E-state index contributed by atoms with van der Waals surface area (Å²) in [4.78, 5) is 42.6. The average molecular weight is 355 g/mol. The zero-order chi connectivity index (χ0) is 18.9. The summed E-state index contributed by atoms with van der Waals surface area (Å²) in [6.45, 7) is 3.51. The predicted octanol–water partition coefficient (Wildman–Crippen LogP) is 1.89. The molecule has 0 saturated heterocycles. The van der Waals surface area contributed by atoms with E-state index in [0.29, 0.717) is 17.8 Å². The van der Waals surface area contributed by atoms with Gasteiger partial charge in [0.2, 0.25) is 5.91 Å². The van der Waals surface area contributed by atoms with E-state index < -0.39 is 5.97 Å². The standard InChI is InChI=1S/C19H21N3O4/c1-13-10-22-17(11-21-13)19(25)26-12-18(24)16-7-5-15(6-8-16)4-3-9-20-14(2)23/h5-8,10-11H,3-4,9,12H2,1-2H3,(H,20,23). The second-order valence-corrected chi connectivity index (χ2v) is 5.83. The number of carbonyl (C=O) groups is 3. The summed E-state index contributed by atoms with van der Waals surface area (Å²) in [5.41, 5.74) is 2.30. The van der Waals surface area contributed by atoms with Gasteiger partial charge in [-0.05, 0) is 25.3 Å². The highest BCUT2D eigenvalue weighted by Crippen LogP contribution is 2.08. The molecule has 1 aromatic carbocycles. The van der Waals surface area contributed by atoms with Gasteiger partial charge in [-0.3, -0.25) is 14.6 Å². The lowest BCUT2D eigenvalue weighted by Crippen LogP contribution is -2.21. The van der Waals surface area contributed by atoms with Crippen LogP contribution in [0.4, 0.5) is 0 Å². The molecule has 0 aliphatic heterocycles. The number of Topliss-reactive ketones (excluding diaryl/α,β-unsaturated/α-hetero) is 1. The Morgan fingerprint density at radius 2 is 1.81 bits per heavy atom. The Kier molecular flexibility index (Phi) is 6.96. The van der Waals surface area contributed by atoms with E-state index in [4.69, 9.17) is 4.74 Å². The minimum atomic E-state index is -0.680. The van der Waals surface area contributed by atoms with Gasteiger partial charge in [-0.15, -0.1) is 0 Å². The first kappa shape index (κ1) is 19.2. The van der Waals surface area contributed by atoms with Gasteiger partial charge in [-0.25, -0.2) is 9.78 Å². The third kappa shape index (κ3) is 6.08. The van der Waals surface area contributed by atoms with E-state index in [2.05, 4.69) is 15.3 Å². The quantitative estimate of drug-likeness (QED) is 0.441. The van der Waals surface area contributed by atoms with Crippen molar-refractivity contribution in [2.45, 2.75) is 26.7 Å². The Bertz CT molecular complexity index is 770. The second kappa shape index (κ2) is 9.41. The van der Waals surface area contributed by atoms with Gasteiger partial charge in [0.25, 0.3) is 0 Å². The lowest BCUT2D eigenvalue weighted by atomic mass is 10.1. The van der Waals surface area contributed by atoms with Crippen LogP contribution in [0.15, 0.2) is 36.7 Å². The van der Waals surface area contributed by atoms with Crippen LogP contribution in [0, 0.1) is 6.92 Å². The maximum Gasteiger partial charge on any atom is 0.358 e. The molecule has 1 N–H and O–H groups in total. The molecule has 0 spiro atoms. The van der Waals surface area contributed by atoms with Crippen LogP contribution in [-0.2, 0) is 16.0 Å². The molecule has 2 rings (SSSR count). The normalized spacial score (nSPS) is 10.2. The molecular weight excluding hydrogens is 334 g/mol. The summed E-state index contributed by atoms with van der Waals surface area (Å²) >= 11 is 0. The SMILES string of the molecule is CC(=O)NCCCc1ccc(C(=O)COC(=O)c2cnc(C)cn2)cc1. The molecule has 0 aliphatic carbocycles. The molecule has 0 atom stereocenters. The van der Waals surface area contributed by atoms with Crippen molar-refractivity contribution in [3.63, 3.8) is 0 Å². The summed E-state index contributed by atoms with van der Waals surface area (Å²) in [6.07, 6.45) is 4.40. The van der Waals surface area contributed by atoms with Crippen molar-refractivity contribution in [1.82, 2.24) is 15.3 Å². The molecule has 0 radical (unpaired) electrons. The molecule has 1 heterocycles. The molecule has 0 aliphatic rings. The summed E-state index contributed by atoms with van der Waals surface area (Å²) in [5.74, 6) is -1.01. The minimum Gasteiger partial charge on any atom is -0.453 e. The fourth-order valence-electron chi connectivity index (χ4n) is 2.20. The third-order valence-corrected chi connectivity index (χ3v) is 3.62. The fraction of sp³-hybridized carbons (Fsp3) is 0.316. The number of amides is 1. The number of hydrogen-bond acceptors (Lipinski definition) is 6. The molecule has 136 valence electrons.